The van der Waals surface area contributed by atoms with Crippen molar-refractivity contribution >= 4 is 98.5 Å². The van der Waals surface area contributed by atoms with E-state index in [1.165, 1.54) is 0 Å². The van der Waals surface area contributed by atoms with Crippen LogP contribution in [0.15, 0.2) is 365 Å². The molecule has 0 bridgehead atoms. The third kappa shape index (κ3) is 14.5. The van der Waals surface area contributed by atoms with E-state index in [0.717, 1.165) is 217 Å². The SMILES string of the molecule is Cn1c(-c2[c-]c3c(c(-c4ccccn4)c2)c2ccccc2n3-c2[c-]c(-c3ccccn3)ccc2)nc2ccccc21.Cn1c(-c2[c-]c3c(cc2)c2cccc(-c4ccccn4)c2n3-c2[c-]c(-c3ccccn3)ccc2)nc2ccccc21.Cn1c(-c2[c-]c3c(cc2-c2ccccn2)c2ccccc2n3-c2[c-]c(-c3ccccn3)ccc2)nc2ccccc21.[Pt+2].[Pt+2].[Pt+2]. The summed E-state index contributed by atoms with van der Waals surface area (Å²) in [6.07, 6.45) is 10.9. The Balaban J connectivity index is 0.000000122. The molecular weight excluding hydrogens is 2090 g/mol. The van der Waals surface area contributed by atoms with Crippen LogP contribution in [0.25, 0.3) is 217 Å². The van der Waals surface area contributed by atoms with Crippen LogP contribution in [0.2, 0.25) is 0 Å². The summed E-state index contributed by atoms with van der Waals surface area (Å²) in [5, 5.41) is 6.71. The zero-order valence-electron chi connectivity index (χ0n) is 67.8. The monoisotopic (exact) mass is 2160 g/mol. The third-order valence-electron chi connectivity index (χ3n) is 22.9. The van der Waals surface area contributed by atoms with Crippen molar-refractivity contribution in [1.82, 2.24) is 72.3 Å². The van der Waals surface area contributed by atoms with E-state index in [9.17, 15) is 0 Å². The second-order valence-corrected chi connectivity index (χ2v) is 30.1. The first kappa shape index (κ1) is 81.1. The number of imidazole rings is 3. The van der Waals surface area contributed by atoms with E-state index in [2.05, 4.69) is 258 Å². The van der Waals surface area contributed by atoms with E-state index in [1.54, 1.807) is 0 Å². The molecule has 606 valence electrons. The molecule has 12 heterocycles. The van der Waals surface area contributed by atoms with Gasteiger partial charge in [0.2, 0.25) is 0 Å². The topological polar surface area (TPSA) is 146 Å². The van der Waals surface area contributed by atoms with Crippen molar-refractivity contribution in [2.75, 3.05) is 0 Å². The van der Waals surface area contributed by atoms with Crippen LogP contribution in [-0.2, 0) is 84.3 Å². The van der Waals surface area contributed by atoms with Gasteiger partial charge in [-0.05, 0) is 170 Å². The van der Waals surface area contributed by atoms with Crippen molar-refractivity contribution in [1.29, 1.82) is 0 Å². The van der Waals surface area contributed by atoms with Crippen molar-refractivity contribution in [3.05, 3.63) is 401 Å². The Morgan fingerprint density at radius 1 is 0.230 bits per heavy atom. The molecule has 0 saturated carbocycles. The molecule has 0 aliphatic carbocycles. The molecule has 0 unspecified atom stereocenters. The van der Waals surface area contributed by atoms with Crippen LogP contribution >= 0.6 is 0 Å². The van der Waals surface area contributed by atoms with Crippen molar-refractivity contribution in [2.24, 2.45) is 21.1 Å². The van der Waals surface area contributed by atoms with Crippen LogP contribution in [-0.4, -0.2) is 72.3 Å². The van der Waals surface area contributed by atoms with Gasteiger partial charge in [0.15, 0.2) is 0 Å². The van der Waals surface area contributed by atoms with Crippen molar-refractivity contribution in [2.45, 2.75) is 0 Å². The maximum absolute atomic E-state index is 5.06. The number of benzene rings is 12. The third-order valence-corrected chi connectivity index (χ3v) is 22.9. The average Bonchev–Trinajstić information content (AvgIpc) is 1.58. The average molecular weight is 2160 g/mol. The molecule has 0 spiro atoms. The van der Waals surface area contributed by atoms with Gasteiger partial charge in [0.1, 0.15) is 0 Å². The molecule has 0 aliphatic heterocycles. The quantitative estimate of drug-likeness (QED) is 0.109. The predicted molar refractivity (Wildman–Crippen MR) is 494 cm³/mol. The number of para-hydroxylation sites is 9. The van der Waals surface area contributed by atoms with E-state index in [4.69, 9.17) is 29.9 Å². The van der Waals surface area contributed by atoms with Crippen molar-refractivity contribution in [3.63, 3.8) is 0 Å². The van der Waals surface area contributed by atoms with Gasteiger partial charge in [0.05, 0.1) is 67.5 Å². The van der Waals surface area contributed by atoms with Gasteiger partial charge in [-0.3, -0.25) is 29.9 Å². The van der Waals surface area contributed by atoms with Crippen LogP contribution in [0.5, 0.6) is 0 Å². The first-order chi connectivity index (χ1) is 60.8. The fourth-order valence-electron chi connectivity index (χ4n) is 17.2. The maximum atomic E-state index is 5.06. The van der Waals surface area contributed by atoms with E-state index >= 15 is 0 Å². The number of nitrogens with zero attached hydrogens (tertiary/aromatic N) is 15. The minimum Gasteiger partial charge on any atom is -0.367 e. The molecule has 0 atom stereocenters. The van der Waals surface area contributed by atoms with Gasteiger partial charge < -0.3 is 42.4 Å². The first-order valence-corrected chi connectivity index (χ1v) is 40.6. The summed E-state index contributed by atoms with van der Waals surface area (Å²) in [5.41, 5.74) is 28.9. The van der Waals surface area contributed by atoms with E-state index in [-0.39, 0.29) is 63.2 Å². The Bertz CT molecular complexity index is 8170. The summed E-state index contributed by atoms with van der Waals surface area (Å²) in [6, 6.07) is 134. The Morgan fingerprint density at radius 3 is 1.10 bits per heavy atom. The molecule has 24 aromatic rings. The minimum atomic E-state index is 0. The Hall–Kier alpha value is -14.6. The fourth-order valence-corrected chi connectivity index (χ4v) is 17.2. The van der Waals surface area contributed by atoms with E-state index in [0.29, 0.717) is 0 Å². The number of pyridine rings is 6. The van der Waals surface area contributed by atoms with Crippen LogP contribution < -0.4 is 0 Å². The summed E-state index contributed by atoms with van der Waals surface area (Å²) >= 11 is 0. The van der Waals surface area contributed by atoms with Gasteiger partial charge in [-0.25, -0.2) is 0 Å². The molecule has 15 nitrogen and oxygen atoms in total. The summed E-state index contributed by atoms with van der Waals surface area (Å²) in [5.74, 6) is 2.58. The molecule has 24 rings (SSSR count). The predicted octanol–water partition coefficient (Wildman–Crippen LogP) is 24.2. The number of rotatable bonds is 12. The van der Waals surface area contributed by atoms with Gasteiger partial charge in [0.25, 0.3) is 0 Å². The smallest absolute Gasteiger partial charge is 0.367 e. The van der Waals surface area contributed by atoms with E-state index in [1.807, 2.05) is 207 Å². The van der Waals surface area contributed by atoms with Crippen molar-refractivity contribution < 1.29 is 63.2 Å². The molecule has 126 heavy (non-hydrogen) atoms. The Labute approximate surface area is 768 Å². The Kier molecular flexibility index (Phi) is 22.3. The number of fused-ring (bicyclic) bond motifs is 12. The number of aromatic nitrogens is 15. The van der Waals surface area contributed by atoms with Gasteiger partial charge in [0, 0.05) is 80.6 Å². The molecule has 0 radical (unpaired) electrons. The number of hydrogen-bond donors (Lipinski definition) is 0. The largest absolute Gasteiger partial charge is 2.00 e. The maximum Gasteiger partial charge on any atom is 2.00 e. The van der Waals surface area contributed by atoms with Gasteiger partial charge >= 0.3 is 63.2 Å². The molecular formula is C108H69N15Pt3. The second kappa shape index (κ2) is 34.6. The second-order valence-electron chi connectivity index (χ2n) is 30.1. The van der Waals surface area contributed by atoms with Crippen LogP contribution in [0.3, 0.4) is 0 Å². The van der Waals surface area contributed by atoms with Crippen LogP contribution in [0.4, 0.5) is 0 Å². The summed E-state index contributed by atoms with van der Waals surface area (Å²) in [6.45, 7) is 0. The molecule has 0 aliphatic rings. The standard InChI is InChI=1S/3C36H23N5.3Pt/c1-40-33-18-5-3-16-31(33)39-36(40)25-22-28(30-15-7-9-20-38-30)35-27-13-2-4-17-32(27)41(34(35)23-25)26-12-10-11-24(21-26)29-14-6-8-19-37-29;1-40-34-18-5-3-16-32(34)39-36(40)29-23-35-28(22-27(29)31-15-7-9-20-38-31)26-13-2-4-17-33(26)41(35)25-12-10-11-24(21-25)30-14-6-8-19-37-30;1-40-33-17-3-2-16-32(33)39-36(40)25-18-19-27-28-12-9-13-29(31-15-5-7-21-38-31)35(28)41(34(27)23-25)26-11-8-10-24(22-26)30-14-4-6-20-37-30;;;/h2*2-20,22H,1H3;2-21H,1H3;;;/q3*-2;3*+2. The van der Waals surface area contributed by atoms with Crippen LogP contribution in [0, 0.1) is 36.4 Å². The molecule has 0 N–H and O–H groups in total. The van der Waals surface area contributed by atoms with Gasteiger partial charge in [-0.2, -0.15) is 0 Å². The molecule has 0 fully saturated rings. The summed E-state index contributed by atoms with van der Waals surface area (Å²) in [4.78, 5) is 43.0. The normalized spacial score (nSPS) is 11.3. The molecule has 0 amide bonds. The van der Waals surface area contributed by atoms with Gasteiger partial charge in [-0.15, -0.1) is 143 Å². The molecule has 0 saturated heterocycles. The van der Waals surface area contributed by atoms with Crippen molar-refractivity contribution in [3.8, 4) is 119 Å². The summed E-state index contributed by atoms with van der Waals surface area (Å²) < 4.78 is 13.2. The first-order valence-electron chi connectivity index (χ1n) is 40.6. The molecule has 18 heteroatoms. The molecule has 12 aromatic carbocycles. The van der Waals surface area contributed by atoms with Crippen LogP contribution in [0.1, 0.15) is 0 Å². The fraction of sp³-hybridized carbons (Fsp3) is 0.0278. The zero-order valence-corrected chi connectivity index (χ0v) is 74.6. The minimum absolute atomic E-state index is 0. The number of hydrogen-bond acceptors (Lipinski definition) is 9. The summed E-state index contributed by atoms with van der Waals surface area (Å²) in [7, 11) is 6.18. The van der Waals surface area contributed by atoms with Gasteiger partial charge in [-0.1, -0.05) is 178 Å². The van der Waals surface area contributed by atoms with E-state index < -0.39 is 0 Å². The zero-order chi connectivity index (χ0) is 82.0. The Morgan fingerprint density at radius 2 is 0.603 bits per heavy atom. The molecule has 12 aromatic heterocycles. The number of aryl methyl sites for hydroxylation is 3.